The Kier molecular flexibility index (Phi) is 3.02. The van der Waals surface area contributed by atoms with Crippen LogP contribution in [0.4, 0.5) is 0 Å². The minimum Gasteiger partial charge on any atom is -0.254 e. The molecule has 2 rings (SSSR count). The van der Waals surface area contributed by atoms with Crippen molar-refractivity contribution in [3.8, 4) is 11.4 Å². The maximum Gasteiger partial charge on any atom is 0.0886 e. The summed E-state index contributed by atoms with van der Waals surface area (Å²) < 4.78 is 0. The Morgan fingerprint density at radius 1 is 1.00 bits per heavy atom. The number of hydrogen-bond acceptors (Lipinski definition) is 3. The van der Waals surface area contributed by atoms with Gasteiger partial charge >= 0.3 is 0 Å². The average Bonchev–Trinajstić information content (AvgIpc) is 2.30. The fraction of sp³-hybridized carbons (Fsp3) is 0.167. The van der Waals surface area contributed by atoms with Gasteiger partial charge in [-0.1, -0.05) is 12.1 Å². The summed E-state index contributed by atoms with van der Waals surface area (Å²) in [5.41, 5.74) is 4.09. The Balaban J connectivity index is 2.33. The van der Waals surface area contributed by atoms with E-state index in [1.807, 2.05) is 43.6 Å². The molecule has 3 heteroatoms. The van der Waals surface area contributed by atoms with E-state index in [1.165, 1.54) is 0 Å². The van der Waals surface area contributed by atoms with E-state index >= 15 is 0 Å². The molecule has 0 bridgehead atoms. The van der Waals surface area contributed by atoms with Crippen molar-refractivity contribution in [1.82, 2.24) is 9.97 Å². The molecule has 76 valence electrons. The fourth-order valence-corrected chi connectivity index (χ4v) is 1.48. The number of nitrogens with zero attached hydrogens (tertiary/aromatic N) is 2. The van der Waals surface area contributed by atoms with Crippen LogP contribution in [0.3, 0.4) is 0 Å². The third kappa shape index (κ3) is 2.36. The number of pyridine rings is 2. The average molecular weight is 216 g/mol. The van der Waals surface area contributed by atoms with Gasteiger partial charge in [-0.25, -0.2) is 0 Å². The van der Waals surface area contributed by atoms with Gasteiger partial charge in [0.25, 0.3) is 0 Å². The first-order valence-electron chi connectivity index (χ1n) is 4.78. The van der Waals surface area contributed by atoms with Crippen molar-refractivity contribution in [2.75, 3.05) is 0 Å². The van der Waals surface area contributed by atoms with Gasteiger partial charge in [0, 0.05) is 18.1 Å². The Bertz CT molecular complexity index is 434. The van der Waals surface area contributed by atoms with Gasteiger partial charge in [-0.3, -0.25) is 9.97 Å². The lowest BCUT2D eigenvalue weighted by Crippen LogP contribution is -1.88. The molecule has 2 nitrogen and oxygen atoms in total. The Hall–Kier alpha value is -1.35. The van der Waals surface area contributed by atoms with Crippen LogP contribution in [0, 0.1) is 6.92 Å². The van der Waals surface area contributed by atoms with Crippen LogP contribution in [-0.4, -0.2) is 9.97 Å². The van der Waals surface area contributed by atoms with Crippen LogP contribution in [-0.2, 0) is 5.75 Å². The van der Waals surface area contributed by atoms with Gasteiger partial charge < -0.3 is 0 Å². The Morgan fingerprint density at radius 3 is 2.13 bits per heavy atom. The third-order valence-electron chi connectivity index (χ3n) is 2.18. The highest BCUT2D eigenvalue weighted by Crippen LogP contribution is 2.14. The molecule has 2 aromatic heterocycles. The minimum atomic E-state index is 0.717. The number of rotatable bonds is 2. The third-order valence-corrected chi connectivity index (χ3v) is 2.55. The van der Waals surface area contributed by atoms with Crippen molar-refractivity contribution in [2.45, 2.75) is 12.7 Å². The van der Waals surface area contributed by atoms with Crippen LogP contribution in [0.1, 0.15) is 11.1 Å². The zero-order valence-electron chi connectivity index (χ0n) is 8.51. The molecule has 0 aromatic carbocycles. The second kappa shape index (κ2) is 4.45. The van der Waals surface area contributed by atoms with Crippen molar-refractivity contribution in [3.05, 3.63) is 47.8 Å². The number of aryl methyl sites for hydroxylation is 1. The molecule has 15 heavy (non-hydrogen) atoms. The van der Waals surface area contributed by atoms with E-state index in [9.17, 15) is 0 Å². The molecule has 0 amide bonds. The molecule has 0 radical (unpaired) electrons. The zero-order valence-corrected chi connectivity index (χ0v) is 9.41. The van der Waals surface area contributed by atoms with Crippen LogP contribution in [0.5, 0.6) is 0 Å². The van der Waals surface area contributed by atoms with Crippen LogP contribution in [0.2, 0.25) is 0 Å². The van der Waals surface area contributed by atoms with E-state index in [-0.39, 0.29) is 0 Å². The smallest absolute Gasteiger partial charge is 0.0886 e. The van der Waals surface area contributed by atoms with Crippen molar-refractivity contribution in [2.24, 2.45) is 0 Å². The molecule has 0 saturated carbocycles. The zero-order chi connectivity index (χ0) is 10.7. The molecule has 0 aliphatic carbocycles. The molecule has 0 fully saturated rings. The predicted octanol–water partition coefficient (Wildman–Crippen LogP) is 2.88. The summed E-state index contributed by atoms with van der Waals surface area (Å²) in [6.07, 6.45) is 3.69. The number of hydrogen-bond donors (Lipinski definition) is 1. The molecule has 0 aliphatic rings. The topological polar surface area (TPSA) is 25.8 Å². The summed E-state index contributed by atoms with van der Waals surface area (Å²) in [5.74, 6) is 0.717. The molecule has 0 saturated heterocycles. The monoisotopic (exact) mass is 216 g/mol. The van der Waals surface area contributed by atoms with E-state index in [0.29, 0.717) is 5.75 Å². The SMILES string of the molecule is Cc1ccc(-c2ccc(CS)cn2)nc1. The summed E-state index contributed by atoms with van der Waals surface area (Å²) in [6.45, 7) is 2.02. The number of aromatic nitrogens is 2. The molecular weight excluding hydrogens is 204 g/mol. The van der Waals surface area contributed by atoms with Gasteiger partial charge in [0.05, 0.1) is 11.4 Å². The maximum absolute atomic E-state index is 4.34. The molecule has 0 N–H and O–H groups in total. The highest BCUT2D eigenvalue weighted by Gasteiger charge is 1.99. The summed E-state index contributed by atoms with van der Waals surface area (Å²) in [5, 5.41) is 0. The maximum atomic E-state index is 4.34. The van der Waals surface area contributed by atoms with Crippen molar-refractivity contribution < 1.29 is 0 Å². The lowest BCUT2D eigenvalue weighted by molar-refractivity contribution is 1.20. The van der Waals surface area contributed by atoms with E-state index in [2.05, 4.69) is 22.6 Å². The largest absolute Gasteiger partial charge is 0.254 e. The standard InChI is InChI=1S/C12H12N2S/c1-9-2-4-11(13-6-9)12-5-3-10(8-15)7-14-12/h2-7,15H,8H2,1H3. The van der Waals surface area contributed by atoms with Crippen LogP contribution in [0.15, 0.2) is 36.7 Å². The molecule has 0 atom stereocenters. The normalized spacial score (nSPS) is 10.3. The lowest BCUT2D eigenvalue weighted by atomic mass is 10.2. The van der Waals surface area contributed by atoms with Crippen molar-refractivity contribution in [3.63, 3.8) is 0 Å². The van der Waals surface area contributed by atoms with Crippen LogP contribution >= 0.6 is 12.6 Å². The summed E-state index contributed by atoms with van der Waals surface area (Å²) in [7, 11) is 0. The van der Waals surface area contributed by atoms with E-state index in [4.69, 9.17) is 0 Å². The molecule has 2 aromatic rings. The van der Waals surface area contributed by atoms with Gasteiger partial charge in [0.2, 0.25) is 0 Å². The minimum absolute atomic E-state index is 0.717. The quantitative estimate of drug-likeness (QED) is 0.781. The number of thiol groups is 1. The van der Waals surface area contributed by atoms with Gasteiger partial charge in [-0.15, -0.1) is 0 Å². The Labute approximate surface area is 94.8 Å². The first kappa shape index (κ1) is 10.2. The van der Waals surface area contributed by atoms with E-state index < -0.39 is 0 Å². The summed E-state index contributed by atoms with van der Waals surface area (Å²) >= 11 is 4.19. The van der Waals surface area contributed by atoms with Gasteiger partial charge in [-0.2, -0.15) is 12.6 Å². The molecule has 2 heterocycles. The first-order chi connectivity index (χ1) is 7.29. The summed E-state index contributed by atoms with van der Waals surface area (Å²) in [6, 6.07) is 8.02. The van der Waals surface area contributed by atoms with Gasteiger partial charge in [0.15, 0.2) is 0 Å². The molecule has 0 aliphatic heterocycles. The molecule has 0 unspecified atom stereocenters. The predicted molar refractivity (Wildman–Crippen MR) is 64.9 cm³/mol. The molecule has 0 spiro atoms. The van der Waals surface area contributed by atoms with Crippen molar-refractivity contribution in [1.29, 1.82) is 0 Å². The first-order valence-corrected chi connectivity index (χ1v) is 5.41. The van der Waals surface area contributed by atoms with Gasteiger partial charge in [0.1, 0.15) is 0 Å². The fourth-order valence-electron chi connectivity index (χ4n) is 1.29. The Morgan fingerprint density at radius 2 is 1.67 bits per heavy atom. The van der Waals surface area contributed by atoms with Crippen LogP contribution in [0.25, 0.3) is 11.4 Å². The van der Waals surface area contributed by atoms with E-state index in [0.717, 1.165) is 22.5 Å². The highest BCUT2D eigenvalue weighted by atomic mass is 32.1. The van der Waals surface area contributed by atoms with Gasteiger partial charge in [-0.05, 0) is 30.2 Å². The second-order valence-electron chi connectivity index (χ2n) is 3.43. The highest BCUT2D eigenvalue weighted by molar-refractivity contribution is 7.79. The van der Waals surface area contributed by atoms with E-state index in [1.54, 1.807) is 0 Å². The lowest BCUT2D eigenvalue weighted by Gasteiger charge is -2.01. The summed E-state index contributed by atoms with van der Waals surface area (Å²) in [4.78, 5) is 8.66. The van der Waals surface area contributed by atoms with Crippen molar-refractivity contribution >= 4 is 12.6 Å². The molecular formula is C12H12N2S. The van der Waals surface area contributed by atoms with Crippen LogP contribution < -0.4 is 0 Å². The second-order valence-corrected chi connectivity index (χ2v) is 3.75.